The van der Waals surface area contributed by atoms with Gasteiger partial charge in [0.1, 0.15) is 17.8 Å². The number of nitrogens with two attached hydrogens (primary N) is 1. The van der Waals surface area contributed by atoms with Gasteiger partial charge in [-0.1, -0.05) is 13.3 Å². The van der Waals surface area contributed by atoms with Crippen LogP contribution in [0.4, 0.5) is 10.2 Å². The lowest BCUT2D eigenvalue weighted by atomic mass is 10.1. The molecule has 3 aromatic rings. The number of nitrogens with one attached hydrogen (secondary N) is 1. The summed E-state index contributed by atoms with van der Waals surface area (Å²) in [5.41, 5.74) is 4.58. The summed E-state index contributed by atoms with van der Waals surface area (Å²) in [6.45, 7) is 2.50. The molecule has 0 spiro atoms. The number of halogens is 1. The average molecular weight is 327 g/mol. The highest BCUT2D eigenvalue weighted by Crippen LogP contribution is 2.22. The molecule has 0 unspecified atom stereocenters. The molecule has 0 saturated carbocycles. The number of anilines is 1. The van der Waals surface area contributed by atoms with E-state index in [2.05, 4.69) is 32.3 Å². The summed E-state index contributed by atoms with van der Waals surface area (Å²) in [5.74, 6) is 6.19. The fraction of sp³-hybridized carbons (Fsp3) is 0.250. The molecule has 0 atom stereocenters. The third-order valence-corrected chi connectivity index (χ3v) is 3.68. The SMILES string of the molecule is CCCc1c(Cn2ccnc2-c2ncccc2F)ncnc1NN. The van der Waals surface area contributed by atoms with E-state index in [0.29, 0.717) is 18.2 Å². The number of hydrazine groups is 1. The zero-order valence-electron chi connectivity index (χ0n) is 13.3. The van der Waals surface area contributed by atoms with E-state index >= 15 is 0 Å². The van der Waals surface area contributed by atoms with Gasteiger partial charge in [-0.25, -0.2) is 30.2 Å². The lowest BCUT2D eigenvalue weighted by Crippen LogP contribution is -2.15. The predicted octanol–water partition coefficient (Wildman–Crippen LogP) is 2.16. The molecular formula is C16H18FN7. The fourth-order valence-electron chi connectivity index (χ4n) is 2.59. The van der Waals surface area contributed by atoms with Crippen LogP contribution >= 0.6 is 0 Å². The van der Waals surface area contributed by atoms with Gasteiger partial charge in [0.15, 0.2) is 11.6 Å². The summed E-state index contributed by atoms with van der Waals surface area (Å²) in [5, 5.41) is 0. The van der Waals surface area contributed by atoms with Crippen LogP contribution < -0.4 is 11.3 Å². The van der Waals surface area contributed by atoms with Gasteiger partial charge in [-0.3, -0.25) is 0 Å². The van der Waals surface area contributed by atoms with Gasteiger partial charge in [0.25, 0.3) is 0 Å². The molecule has 3 rings (SSSR count). The first-order valence-electron chi connectivity index (χ1n) is 7.66. The number of nitrogens with zero attached hydrogens (tertiary/aromatic N) is 5. The molecule has 24 heavy (non-hydrogen) atoms. The second-order valence-corrected chi connectivity index (χ2v) is 5.25. The molecule has 124 valence electrons. The normalized spacial score (nSPS) is 10.8. The Morgan fingerprint density at radius 1 is 1.21 bits per heavy atom. The van der Waals surface area contributed by atoms with Crippen molar-refractivity contribution in [3.63, 3.8) is 0 Å². The number of nitrogen functional groups attached to an aromatic ring is 1. The van der Waals surface area contributed by atoms with Crippen molar-refractivity contribution in [3.05, 3.63) is 54.1 Å². The smallest absolute Gasteiger partial charge is 0.162 e. The van der Waals surface area contributed by atoms with Crippen molar-refractivity contribution in [1.82, 2.24) is 24.5 Å². The molecule has 0 saturated heterocycles. The molecule has 0 aliphatic heterocycles. The third kappa shape index (κ3) is 3.09. The van der Waals surface area contributed by atoms with Crippen LogP contribution in [-0.2, 0) is 13.0 Å². The zero-order chi connectivity index (χ0) is 16.9. The standard InChI is InChI=1S/C16H18FN7/c1-2-4-11-13(21-10-22-15(11)23-18)9-24-8-7-20-16(24)14-12(17)5-3-6-19-14/h3,5-8,10H,2,4,9,18H2,1H3,(H,21,22,23). The minimum Gasteiger partial charge on any atom is -0.324 e. The number of imidazole rings is 1. The molecule has 0 aliphatic rings. The van der Waals surface area contributed by atoms with Crippen molar-refractivity contribution in [2.24, 2.45) is 5.84 Å². The summed E-state index contributed by atoms with van der Waals surface area (Å²) in [7, 11) is 0. The van der Waals surface area contributed by atoms with Gasteiger partial charge in [-0.15, -0.1) is 0 Å². The van der Waals surface area contributed by atoms with E-state index in [4.69, 9.17) is 5.84 Å². The van der Waals surface area contributed by atoms with E-state index in [-0.39, 0.29) is 5.69 Å². The van der Waals surface area contributed by atoms with Crippen LogP contribution in [0.3, 0.4) is 0 Å². The summed E-state index contributed by atoms with van der Waals surface area (Å²) >= 11 is 0. The Hall–Kier alpha value is -2.87. The first kappa shape index (κ1) is 16.0. The van der Waals surface area contributed by atoms with Crippen molar-refractivity contribution < 1.29 is 4.39 Å². The van der Waals surface area contributed by atoms with Gasteiger partial charge in [0, 0.05) is 24.2 Å². The summed E-state index contributed by atoms with van der Waals surface area (Å²) in [4.78, 5) is 16.9. The summed E-state index contributed by atoms with van der Waals surface area (Å²) in [6.07, 6.45) is 8.12. The van der Waals surface area contributed by atoms with Gasteiger partial charge in [-0.05, 0) is 18.6 Å². The lowest BCUT2D eigenvalue weighted by Gasteiger charge is -2.13. The van der Waals surface area contributed by atoms with E-state index in [1.807, 2.05) is 4.57 Å². The largest absolute Gasteiger partial charge is 0.324 e. The molecule has 0 aliphatic carbocycles. The highest BCUT2D eigenvalue weighted by molar-refractivity contribution is 5.51. The van der Waals surface area contributed by atoms with Crippen LogP contribution in [-0.4, -0.2) is 24.5 Å². The number of pyridine rings is 1. The van der Waals surface area contributed by atoms with Gasteiger partial charge in [0.2, 0.25) is 0 Å². The maximum absolute atomic E-state index is 14.0. The van der Waals surface area contributed by atoms with E-state index in [1.54, 1.807) is 24.7 Å². The van der Waals surface area contributed by atoms with Crippen molar-refractivity contribution >= 4 is 5.82 Å². The van der Waals surface area contributed by atoms with Crippen LogP contribution in [0.5, 0.6) is 0 Å². The van der Waals surface area contributed by atoms with Gasteiger partial charge >= 0.3 is 0 Å². The molecule has 3 heterocycles. The fourth-order valence-corrected chi connectivity index (χ4v) is 2.59. The first-order chi connectivity index (χ1) is 11.7. The van der Waals surface area contributed by atoms with Gasteiger partial charge in [-0.2, -0.15) is 0 Å². The Morgan fingerprint density at radius 2 is 2.08 bits per heavy atom. The highest BCUT2D eigenvalue weighted by Gasteiger charge is 2.15. The number of aromatic nitrogens is 5. The Bertz CT molecular complexity index is 831. The molecule has 8 heteroatoms. The molecule has 0 bridgehead atoms. The lowest BCUT2D eigenvalue weighted by molar-refractivity contribution is 0.621. The molecule has 7 nitrogen and oxygen atoms in total. The van der Waals surface area contributed by atoms with Crippen molar-refractivity contribution in [2.75, 3.05) is 5.43 Å². The van der Waals surface area contributed by atoms with E-state index in [0.717, 1.165) is 24.1 Å². The first-order valence-corrected chi connectivity index (χ1v) is 7.66. The van der Waals surface area contributed by atoms with Crippen molar-refractivity contribution in [1.29, 1.82) is 0 Å². The average Bonchev–Trinajstić information content (AvgIpc) is 3.05. The highest BCUT2D eigenvalue weighted by atomic mass is 19.1. The van der Waals surface area contributed by atoms with Crippen LogP contribution in [0, 0.1) is 5.82 Å². The van der Waals surface area contributed by atoms with Crippen LogP contribution in [0.15, 0.2) is 37.1 Å². The Kier molecular flexibility index (Phi) is 4.76. The molecule has 0 amide bonds. The molecular weight excluding hydrogens is 309 g/mol. The van der Waals surface area contributed by atoms with E-state index in [9.17, 15) is 4.39 Å². The Labute approximate surface area is 138 Å². The van der Waals surface area contributed by atoms with Crippen LogP contribution in [0.2, 0.25) is 0 Å². The Balaban J connectivity index is 1.99. The van der Waals surface area contributed by atoms with Crippen LogP contribution in [0.25, 0.3) is 11.5 Å². The maximum atomic E-state index is 14.0. The summed E-state index contributed by atoms with van der Waals surface area (Å²) in [6, 6.07) is 2.92. The quantitative estimate of drug-likeness (QED) is 0.532. The van der Waals surface area contributed by atoms with Crippen LogP contribution in [0.1, 0.15) is 24.6 Å². The number of hydrogen-bond donors (Lipinski definition) is 2. The summed E-state index contributed by atoms with van der Waals surface area (Å²) < 4.78 is 15.8. The number of hydrogen-bond acceptors (Lipinski definition) is 6. The molecule has 3 N–H and O–H groups in total. The molecule has 3 aromatic heterocycles. The third-order valence-electron chi connectivity index (χ3n) is 3.68. The predicted molar refractivity (Wildman–Crippen MR) is 88.4 cm³/mol. The molecule has 0 fully saturated rings. The molecule has 0 radical (unpaired) electrons. The van der Waals surface area contributed by atoms with E-state index < -0.39 is 5.82 Å². The maximum Gasteiger partial charge on any atom is 0.162 e. The Morgan fingerprint density at radius 3 is 2.83 bits per heavy atom. The zero-order valence-corrected chi connectivity index (χ0v) is 13.3. The van der Waals surface area contributed by atoms with Gasteiger partial charge in [0.05, 0.1) is 12.2 Å². The topological polar surface area (TPSA) is 94.5 Å². The van der Waals surface area contributed by atoms with Gasteiger partial charge < -0.3 is 9.99 Å². The number of rotatable bonds is 6. The minimum absolute atomic E-state index is 0.214. The van der Waals surface area contributed by atoms with Crippen molar-refractivity contribution in [3.8, 4) is 11.5 Å². The monoisotopic (exact) mass is 327 g/mol. The van der Waals surface area contributed by atoms with E-state index in [1.165, 1.54) is 12.4 Å². The minimum atomic E-state index is -0.411. The van der Waals surface area contributed by atoms with Crippen molar-refractivity contribution in [2.45, 2.75) is 26.3 Å². The second kappa shape index (κ2) is 7.14. The molecule has 0 aromatic carbocycles. The second-order valence-electron chi connectivity index (χ2n) is 5.25.